The van der Waals surface area contributed by atoms with Crippen LogP contribution in [0.1, 0.15) is 16.8 Å². The number of nitrogens with two attached hydrogens (primary N) is 1. The van der Waals surface area contributed by atoms with Gasteiger partial charge in [-0.15, -0.1) is 0 Å². The van der Waals surface area contributed by atoms with E-state index in [1.54, 1.807) is 32.4 Å². The third kappa shape index (κ3) is 2.67. The molecule has 0 saturated heterocycles. The van der Waals surface area contributed by atoms with Crippen molar-refractivity contribution in [3.63, 3.8) is 0 Å². The minimum atomic E-state index is 0.269. The van der Waals surface area contributed by atoms with Gasteiger partial charge in [-0.2, -0.15) is 5.26 Å². The summed E-state index contributed by atoms with van der Waals surface area (Å²) in [7, 11) is 3.13. The summed E-state index contributed by atoms with van der Waals surface area (Å²) < 4.78 is 10.4. The highest BCUT2D eigenvalue weighted by Crippen LogP contribution is 2.25. The molecule has 0 spiro atoms. The van der Waals surface area contributed by atoms with Gasteiger partial charge in [0.2, 0.25) is 0 Å². The summed E-state index contributed by atoms with van der Waals surface area (Å²) in [5.41, 5.74) is 7.81. The summed E-state index contributed by atoms with van der Waals surface area (Å²) in [5, 5.41) is 9.83. The molecule has 3 rings (SSSR count). The van der Waals surface area contributed by atoms with Crippen LogP contribution in [-0.2, 0) is 0 Å². The van der Waals surface area contributed by atoms with Gasteiger partial charge in [-0.1, -0.05) is 11.8 Å². The number of fused-ring (bicyclic) bond motifs is 1. The highest BCUT2D eigenvalue weighted by molar-refractivity contribution is 5.94. The number of benzene rings is 1. The Morgan fingerprint density at radius 3 is 2.42 bits per heavy atom. The Hall–Kier alpha value is -3.71. The average molecular weight is 319 g/mol. The van der Waals surface area contributed by atoms with Gasteiger partial charge in [0, 0.05) is 11.6 Å². The lowest BCUT2D eigenvalue weighted by molar-refractivity contribution is 0.394. The van der Waals surface area contributed by atoms with Gasteiger partial charge in [-0.3, -0.25) is 0 Å². The number of aromatic nitrogens is 3. The van der Waals surface area contributed by atoms with Crippen LogP contribution in [0.15, 0.2) is 24.5 Å². The van der Waals surface area contributed by atoms with Crippen molar-refractivity contribution < 1.29 is 9.47 Å². The quantitative estimate of drug-likeness (QED) is 0.697. The molecule has 0 bridgehead atoms. The molecule has 0 saturated carbocycles. The van der Waals surface area contributed by atoms with Crippen molar-refractivity contribution in [3.05, 3.63) is 41.3 Å². The van der Waals surface area contributed by atoms with Gasteiger partial charge in [0.1, 0.15) is 41.1 Å². The van der Waals surface area contributed by atoms with Crippen LogP contribution in [0, 0.1) is 23.2 Å². The zero-order valence-corrected chi connectivity index (χ0v) is 13.0. The number of H-pyrrole nitrogens is 1. The fourth-order valence-corrected chi connectivity index (χ4v) is 2.27. The number of nitriles is 1. The zero-order chi connectivity index (χ0) is 17.1. The first kappa shape index (κ1) is 15.2. The average Bonchev–Trinajstić information content (AvgIpc) is 2.98. The number of nitrogens with zero attached hydrogens (tertiary/aromatic N) is 3. The maximum absolute atomic E-state index is 9.29. The van der Waals surface area contributed by atoms with E-state index >= 15 is 0 Å². The number of hydrogen-bond acceptors (Lipinski definition) is 6. The van der Waals surface area contributed by atoms with Gasteiger partial charge in [0.15, 0.2) is 0 Å². The van der Waals surface area contributed by atoms with Crippen molar-refractivity contribution in [1.29, 1.82) is 5.26 Å². The normalized spacial score (nSPS) is 9.88. The van der Waals surface area contributed by atoms with Gasteiger partial charge < -0.3 is 20.2 Å². The van der Waals surface area contributed by atoms with Crippen molar-refractivity contribution in [3.8, 4) is 29.4 Å². The van der Waals surface area contributed by atoms with Crippen LogP contribution in [0.2, 0.25) is 0 Å². The topological polar surface area (TPSA) is 110 Å². The Morgan fingerprint density at radius 2 is 1.79 bits per heavy atom. The Balaban J connectivity index is 2.15. The smallest absolute Gasteiger partial charge is 0.145 e. The van der Waals surface area contributed by atoms with E-state index in [0.29, 0.717) is 39.4 Å². The number of aromatic amines is 1. The molecule has 0 atom stereocenters. The second-order valence-electron chi connectivity index (χ2n) is 4.82. The summed E-state index contributed by atoms with van der Waals surface area (Å²) in [6.07, 6.45) is 1.33. The zero-order valence-electron chi connectivity index (χ0n) is 13.0. The Labute approximate surface area is 138 Å². The van der Waals surface area contributed by atoms with Crippen LogP contribution in [0.25, 0.3) is 11.0 Å². The van der Waals surface area contributed by atoms with Gasteiger partial charge >= 0.3 is 0 Å². The van der Waals surface area contributed by atoms with E-state index in [-0.39, 0.29) is 5.82 Å². The molecule has 118 valence electrons. The van der Waals surface area contributed by atoms with Crippen molar-refractivity contribution in [1.82, 2.24) is 15.0 Å². The number of ether oxygens (including phenoxy) is 2. The largest absolute Gasteiger partial charge is 0.497 e. The molecular formula is C17H13N5O2. The lowest BCUT2D eigenvalue weighted by Gasteiger charge is -2.04. The fraction of sp³-hybridized carbons (Fsp3) is 0.118. The number of rotatable bonds is 2. The Bertz CT molecular complexity index is 999. The summed E-state index contributed by atoms with van der Waals surface area (Å²) in [6.45, 7) is 0. The molecule has 0 amide bonds. The lowest BCUT2D eigenvalue weighted by Crippen LogP contribution is -1.92. The van der Waals surface area contributed by atoms with E-state index in [2.05, 4.69) is 32.9 Å². The number of anilines is 1. The molecular weight excluding hydrogens is 306 g/mol. The predicted octanol–water partition coefficient (Wildman–Crippen LogP) is 1.83. The van der Waals surface area contributed by atoms with Crippen molar-refractivity contribution in [2.24, 2.45) is 0 Å². The third-order valence-corrected chi connectivity index (χ3v) is 3.42. The molecule has 2 aromatic heterocycles. The van der Waals surface area contributed by atoms with Crippen molar-refractivity contribution in [2.75, 3.05) is 20.0 Å². The first-order valence-corrected chi connectivity index (χ1v) is 6.93. The van der Waals surface area contributed by atoms with E-state index in [9.17, 15) is 5.26 Å². The number of nitrogen functional groups attached to an aromatic ring is 1. The second-order valence-corrected chi connectivity index (χ2v) is 4.82. The fourth-order valence-electron chi connectivity index (χ4n) is 2.27. The van der Waals surface area contributed by atoms with E-state index in [1.165, 1.54) is 6.33 Å². The summed E-state index contributed by atoms with van der Waals surface area (Å²) in [5.74, 6) is 7.49. The summed E-state index contributed by atoms with van der Waals surface area (Å²) >= 11 is 0. The number of hydrogen-bond donors (Lipinski definition) is 2. The van der Waals surface area contributed by atoms with Crippen molar-refractivity contribution in [2.45, 2.75) is 0 Å². The van der Waals surface area contributed by atoms with Crippen LogP contribution in [-0.4, -0.2) is 29.2 Å². The minimum Gasteiger partial charge on any atom is -0.497 e. The van der Waals surface area contributed by atoms with E-state index in [4.69, 9.17) is 15.2 Å². The lowest BCUT2D eigenvalue weighted by atomic mass is 10.1. The monoisotopic (exact) mass is 319 g/mol. The molecule has 0 radical (unpaired) electrons. The minimum absolute atomic E-state index is 0.269. The molecule has 2 heterocycles. The molecule has 0 fully saturated rings. The molecule has 0 aliphatic carbocycles. The highest BCUT2D eigenvalue weighted by Gasteiger charge is 2.13. The maximum Gasteiger partial charge on any atom is 0.145 e. The molecule has 3 aromatic rings. The first-order chi connectivity index (χ1) is 11.7. The van der Waals surface area contributed by atoms with Gasteiger partial charge in [-0.05, 0) is 12.1 Å². The van der Waals surface area contributed by atoms with Crippen molar-refractivity contribution >= 4 is 16.9 Å². The standard InChI is InChI=1S/C17H13N5O2/c1-23-11-5-10(6-12(7-11)24-2)3-4-13-14(8-18)22-17-15(13)16(19)20-9-21-17/h5-7,9H,1-2H3,(H3,19,20,21,22). The van der Waals surface area contributed by atoms with Crippen LogP contribution in [0.4, 0.5) is 5.82 Å². The molecule has 0 aliphatic heterocycles. The molecule has 0 aliphatic rings. The summed E-state index contributed by atoms with van der Waals surface area (Å²) in [6, 6.07) is 7.36. The van der Waals surface area contributed by atoms with Crippen LogP contribution in [0.3, 0.4) is 0 Å². The molecule has 0 unspecified atom stereocenters. The maximum atomic E-state index is 9.29. The van der Waals surface area contributed by atoms with Crippen LogP contribution >= 0.6 is 0 Å². The van der Waals surface area contributed by atoms with Crippen LogP contribution < -0.4 is 15.2 Å². The molecule has 7 heteroatoms. The molecule has 24 heavy (non-hydrogen) atoms. The highest BCUT2D eigenvalue weighted by atomic mass is 16.5. The van der Waals surface area contributed by atoms with E-state index < -0.39 is 0 Å². The molecule has 7 nitrogen and oxygen atoms in total. The van der Waals surface area contributed by atoms with E-state index in [1.807, 2.05) is 0 Å². The third-order valence-electron chi connectivity index (χ3n) is 3.42. The first-order valence-electron chi connectivity index (χ1n) is 6.93. The summed E-state index contributed by atoms with van der Waals surface area (Å²) in [4.78, 5) is 10.9. The number of nitrogens with one attached hydrogen (secondary N) is 1. The number of methoxy groups -OCH3 is 2. The second kappa shape index (κ2) is 6.19. The van der Waals surface area contributed by atoms with E-state index in [0.717, 1.165) is 0 Å². The van der Waals surface area contributed by atoms with Crippen LogP contribution in [0.5, 0.6) is 11.5 Å². The molecule has 3 N–H and O–H groups in total. The predicted molar refractivity (Wildman–Crippen MR) is 88.5 cm³/mol. The van der Waals surface area contributed by atoms with Gasteiger partial charge in [0.25, 0.3) is 0 Å². The Morgan fingerprint density at radius 1 is 1.08 bits per heavy atom. The Kier molecular flexibility index (Phi) is 3.92. The molecule has 1 aromatic carbocycles. The van der Waals surface area contributed by atoms with Gasteiger partial charge in [0.05, 0.1) is 25.2 Å². The van der Waals surface area contributed by atoms with Gasteiger partial charge in [-0.25, -0.2) is 9.97 Å². The SMILES string of the molecule is COc1cc(C#Cc2c(C#N)[nH]c3ncnc(N)c23)cc(OC)c1.